The molecule has 2 N–H and O–H groups in total. The Balaban J connectivity index is 1.89. The zero-order valence-corrected chi connectivity index (χ0v) is 10.2. The summed E-state index contributed by atoms with van der Waals surface area (Å²) in [6.07, 6.45) is 3.37. The van der Waals surface area contributed by atoms with Gasteiger partial charge < -0.3 is 15.2 Å². The van der Waals surface area contributed by atoms with Gasteiger partial charge in [-0.25, -0.2) is 4.79 Å². The fourth-order valence-corrected chi connectivity index (χ4v) is 2.37. The molecule has 3 unspecified atom stereocenters. The average molecular weight is 241 g/mol. The summed E-state index contributed by atoms with van der Waals surface area (Å²) in [5.74, 6) is 0.0399. The molecule has 0 radical (unpaired) electrons. The predicted molar refractivity (Wildman–Crippen MR) is 60.4 cm³/mol. The lowest BCUT2D eigenvalue weighted by Gasteiger charge is -2.25. The molecular weight excluding hydrogens is 222 g/mol. The Morgan fingerprint density at radius 3 is 2.59 bits per heavy atom. The van der Waals surface area contributed by atoms with Crippen LogP contribution in [-0.4, -0.2) is 36.2 Å². The second-order valence-corrected chi connectivity index (χ2v) is 5.40. The number of methoxy groups -OCH3 is 1. The minimum Gasteiger partial charge on any atom is -0.479 e. The standard InChI is InChI=1S/C12H19NO4/c1-12(6-17-2,11(15)16)13-10(14)9-5-8(9)7-3-4-7/h7-9H,3-6H2,1-2H3,(H,13,14)(H,15,16). The van der Waals surface area contributed by atoms with Gasteiger partial charge in [0.15, 0.2) is 5.54 Å². The number of carbonyl (C=O) groups excluding carboxylic acids is 1. The molecular formula is C12H19NO4. The highest BCUT2D eigenvalue weighted by Crippen LogP contribution is 2.54. The van der Waals surface area contributed by atoms with Crippen LogP contribution in [0, 0.1) is 17.8 Å². The molecule has 0 aromatic heterocycles. The number of ether oxygens (including phenoxy) is 1. The molecule has 2 aliphatic carbocycles. The van der Waals surface area contributed by atoms with Gasteiger partial charge in [-0.2, -0.15) is 0 Å². The summed E-state index contributed by atoms with van der Waals surface area (Å²) in [7, 11) is 1.43. The first kappa shape index (κ1) is 12.4. The van der Waals surface area contributed by atoms with Gasteiger partial charge in [-0.05, 0) is 38.0 Å². The van der Waals surface area contributed by atoms with Crippen molar-refractivity contribution in [1.29, 1.82) is 0 Å². The summed E-state index contributed by atoms with van der Waals surface area (Å²) in [5.41, 5.74) is -1.32. The van der Waals surface area contributed by atoms with E-state index in [1.165, 1.54) is 26.9 Å². The molecule has 17 heavy (non-hydrogen) atoms. The van der Waals surface area contributed by atoms with Crippen LogP contribution in [0.5, 0.6) is 0 Å². The first-order chi connectivity index (χ1) is 7.98. The Labute approximate surface area is 101 Å². The molecule has 0 saturated heterocycles. The van der Waals surface area contributed by atoms with Gasteiger partial charge in [0, 0.05) is 13.0 Å². The lowest BCUT2D eigenvalue weighted by atomic mass is 10.0. The minimum absolute atomic E-state index is 0.0190. The number of carbonyl (C=O) groups is 2. The Hall–Kier alpha value is -1.10. The fraction of sp³-hybridized carbons (Fsp3) is 0.833. The van der Waals surface area contributed by atoms with Crippen molar-refractivity contribution < 1.29 is 19.4 Å². The van der Waals surface area contributed by atoms with E-state index in [-0.39, 0.29) is 18.4 Å². The second-order valence-electron chi connectivity index (χ2n) is 5.40. The van der Waals surface area contributed by atoms with Crippen molar-refractivity contribution in [2.24, 2.45) is 17.8 Å². The number of hydrogen-bond donors (Lipinski definition) is 2. The topological polar surface area (TPSA) is 75.6 Å². The zero-order valence-electron chi connectivity index (χ0n) is 10.2. The highest BCUT2D eigenvalue weighted by molar-refractivity contribution is 5.89. The highest BCUT2D eigenvalue weighted by Gasteiger charge is 2.52. The molecule has 2 rings (SSSR count). The van der Waals surface area contributed by atoms with Crippen molar-refractivity contribution in [2.45, 2.75) is 31.7 Å². The van der Waals surface area contributed by atoms with Crippen LogP contribution in [0.2, 0.25) is 0 Å². The maximum Gasteiger partial charge on any atom is 0.331 e. The number of nitrogens with one attached hydrogen (secondary N) is 1. The van der Waals surface area contributed by atoms with Crippen LogP contribution in [0.15, 0.2) is 0 Å². The SMILES string of the molecule is COCC(C)(NC(=O)C1CC1C1CC1)C(=O)O. The van der Waals surface area contributed by atoms with Crippen molar-refractivity contribution in [3.8, 4) is 0 Å². The molecule has 1 amide bonds. The molecule has 5 heteroatoms. The van der Waals surface area contributed by atoms with E-state index in [0.717, 1.165) is 6.42 Å². The van der Waals surface area contributed by atoms with E-state index in [4.69, 9.17) is 9.84 Å². The number of amides is 1. The minimum atomic E-state index is -1.32. The van der Waals surface area contributed by atoms with Crippen LogP contribution < -0.4 is 5.32 Å². The molecule has 0 aromatic carbocycles. The summed E-state index contributed by atoms with van der Waals surface area (Å²) in [6.45, 7) is 1.46. The van der Waals surface area contributed by atoms with Crippen molar-refractivity contribution in [3.63, 3.8) is 0 Å². The van der Waals surface area contributed by atoms with Crippen LogP contribution in [0.4, 0.5) is 0 Å². The number of aliphatic carboxylic acids is 1. The maximum atomic E-state index is 11.9. The zero-order chi connectivity index (χ0) is 12.6. The lowest BCUT2D eigenvalue weighted by molar-refractivity contribution is -0.149. The third kappa shape index (κ3) is 2.60. The molecule has 0 spiro atoms. The Morgan fingerprint density at radius 2 is 2.12 bits per heavy atom. The Kier molecular flexibility index (Phi) is 3.12. The third-order valence-electron chi connectivity index (χ3n) is 3.71. The van der Waals surface area contributed by atoms with E-state index in [9.17, 15) is 9.59 Å². The molecule has 0 aromatic rings. The van der Waals surface area contributed by atoms with Gasteiger partial charge in [0.2, 0.25) is 5.91 Å². The number of hydrogen-bond acceptors (Lipinski definition) is 3. The third-order valence-corrected chi connectivity index (χ3v) is 3.71. The Morgan fingerprint density at radius 1 is 1.47 bits per heavy atom. The van der Waals surface area contributed by atoms with E-state index in [2.05, 4.69) is 5.32 Å². The van der Waals surface area contributed by atoms with Gasteiger partial charge in [0.05, 0.1) is 6.61 Å². The molecule has 2 saturated carbocycles. The van der Waals surface area contributed by atoms with Crippen molar-refractivity contribution >= 4 is 11.9 Å². The van der Waals surface area contributed by atoms with E-state index < -0.39 is 11.5 Å². The summed E-state index contributed by atoms with van der Waals surface area (Å²) in [5, 5.41) is 11.7. The van der Waals surface area contributed by atoms with Crippen molar-refractivity contribution in [1.82, 2.24) is 5.32 Å². The average Bonchev–Trinajstić information content (AvgIpc) is 3.10. The largest absolute Gasteiger partial charge is 0.479 e. The Bertz CT molecular complexity index is 339. The fourth-order valence-electron chi connectivity index (χ4n) is 2.37. The molecule has 5 nitrogen and oxygen atoms in total. The second kappa shape index (κ2) is 4.29. The smallest absolute Gasteiger partial charge is 0.331 e. The number of carboxylic acid groups (broad SMARTS) is 1. The van der Waals surface area contributed by atoms with Gasteiger partial charge in [0.25, 0.3) is 0 Å². The molecule has 0 bridgehead atoms. The van der Waals surface area contributed by atoms with Crippen LogP contribution in [0.3, 0.4) is 0 Å². The van der Waals surface area contributed by atoms with Gasteiger partial charge >= 0.3 is 5.97 Å². The molecule has 2 aliphatic rings. The molecule has 96 valence electrons. The molecule has 0 heterocycles. The summed E-state index contributed by atoms with van der Waals surface area (Å²) < 4.78 is 4.86. The monoisotopic (exact) mass is 241 g/mol. The predicted octanol–water partition coefficient (Wildman–Crippen LogP) is 0.638. The van der Waals surface area contributed by atoms with E-state index >= 15 is 0 Å². The first-order valence-electron chi connectivity index (χ1n) is 6.02. The van der Waals surface area contributed by atoms with Gasteiger partial charge in [-0.3, -0.25) is 4.79 Å². The van der Waals surface area contributed by atoms with E-state index in [1.807, 2.05) is 0 Å². The molecule has 2 fully saturated rings. The normalized spacial score (nSPS) is 30.5. The van der Waals surface area contributed by atoms with E-state index in [0.29, 0.717) is 11.8 Å². The molecule has 3 atom stereocenters. The van der Waals surface area contributed by atoms with Crippen LogP contribution in [0.25, 0.3) is 0 Å². The summed E-state index contributed by atoms with van der Waals surface area (Å²) in [4.78, 5) is 23.0. The van der Waals surface area contributed by atoms with Crippen molar-refractivity contribution in [3.05, 3.63) is 0 Å². The highest BCUT2D eigenvalue weighted by atomic mass is 16.5. The molecule has 0 aliphatic heterocycles. The van der Waals surface area contributed by atoms with Crippen LogP contribution in [-0.2, 0) is 14.3 Å². The first-order valence-corrected chi connectivity index (χ1v) is 6.02. The van der Waals surface area contributed by atoms with Gasteiger partial charge in [0.1, 0.15) is 0 Å². The van der Waals surface area contributed by atoms with Crippen LogP contribution in [0.1, 0.15) is 26.2 Å². The van der Waals surface area contributed by atoms with E-state index in [1.54, 1.807) is 0 Å². The maximum absolute atomic E-state index is 11.9. The van der Waals surface area contributed by atoms with Gasteiger partial charge in [-0.1, -0.05) is 0 Å². The summed E-state index contributed by atoms with van der Waals surface area (Å²) in [6, 6.07) is 0. The number of carboxylic acids is 1. The van der Waals surface area contributed by atoms with Gasteiger partial charge in [-0.15, -0.1) is 0 Å². The number of rotatable bonds is 6. The summed E-state index contributed by atoms with van der Waals surface area (Å²) >= 11 is 0. The van der Waals surface area contributed by atoms with Crippen LogP contribution >= 0.6 is 0 Å². The lowest BCUT2D eigenvalue weighted by Crippen LogP contribution is -2.55. The van der Waals surface area contributed by atoms with Crippen molar-refractivity contribution in [2.75, 3.05) is 13.7 Å². The quantitative estimate of drug-likeness (QED) is 0.715.